The molecule has 0 aliphatic carbocycles. The van der Waals surface area contributed by atoms with Gasteiger partial charge in [-0.2, -0.15) is 5.10 Å². The zero-order chi connectivity index (χ0) is 28.3. The summed E-state index contributed by atoms with van der Waals surface area (Å²) < 4.78 is 7.56. The first kappa shape index (κ1) is 26.4. The molecule has 3 N–H and O–H groups in total. The van der Waals surface area contributed by atoms with Crippen LogP contribution in [0, 0.1) is 0 Å². The first-order valence-corrected chi connectivity index (χ1v) is 12.7. The Morgan fingerprint density at radius 2 is 1.65 bits per heavy atom. The van der Waals surface area contributed by atoms with Crippen LogP contribution >= 0.6 is 0 Å². The molecular formula is C30H29N7O3. The summed E-state index contributed by atoms with van der Waals surface area (Å²) >= 11 is 0. The average Bonchev–Trinajstić information content (AvgIpc) is 3.38. The Balaban J connectivity index is 1.31. The van der Waals surface area contributed by atoms with Crippen molar-refractivity contribution in [3.63, 3.8) is 0 Å². The zero-order valence-electron chi connectivity index (χ0n) is 22.6. The maximum absolute atomic E-state index is 13.0. The minimum absolute atomic E-state index is 0.220. The van der Waals surface area contributed by atoms with Gasteiger partial charge in [0.25, 0.3) is 5.91 Å². The fourth-order valence-corrected chi connectivity index (χ4v) is 3.98. The van der Waals surface area contributed by atoms with Gasteiger partial charge in [0, 0.05) is 48.1 Å². The van der Waals surface area contributed by atoms with Crippen LogP contribution in [0.2, 0.25) is 0 Å². The second-order valence-electron chi connectivity index (χ2n) is 10.1. The van der Waals surface area contributed by atoms with Crippen molar-refractivity contribution in [3.8, 4) is 17.2 Å². The van der Waals surface area contributed by atoms with Crippen LogP contribution in [0.5, 0.6) is 11.5 Å². The third-order valence-corrected chi connectivity index (χ3v) is 6.09. The molecule has 0 unspecified atom stereocenters. The number of hydrogen-bond acceptors (Lipinski definition) is 6. The van der Waals surface area contributed by atoms with Gasteiger partial charge in [0.2, 0.25) is 0 Å². The predicted octanol–water partition coefficient (Wildman–Crippen LogP) is 5.91. The number of urea groups is 1. The molecule has 0 aliphatic rings. The maximum Gasteiger partial charge on any atom is 0.324 e. The van der Waals surface area contributed by atoms with Crippen molar-refractivity contribution in [2.24, 2.45) is 0 Å². The SMILES string of the molecule is CNC(=O)c1cc(Oc2ccc(NC(=O)Nc3cc(C(C)(C)C)nn3-c3ccc4ncccc4c3)cc2)ccn1. The van der Waals surface area contributed by atoms with E-state index in [9.17, 15) is 9.59 Å². The first-order chi connectivity index (χ1) is 19.2. The normalized spacial score (nSPS) is 11.2. The van der Waals surface area contributed by atoms with Gasteiger partial charge in [-0.05, 0) is 54.6 Å². The molecule has 3 aromatic heterocycles. The second kappa shape index (κ2) is 10.9. The van der Waals surface area contributed by atoms with Gasteiger partial charge in [-0.25, -0.2) is 9.48 Å². The Hall–Kier alpha value is -5.25. The van der Waals surface area contributed by atoms with E-state index in [2.05, 4.69) is 46.7 Å². The summed E-state index contributed by atoms with van der Waals surface area (Å²) in [5, 5.41) is 14.1. The van der Waals surface area contributed by atoms with E-state index in [0.717, 1.165) is 22.3 Å². The average molecular weight is 536 g/mol. The lowest BCUT2D eigenvalue weighted by molar-refractivity contribution is 0.0957. The highest BCUT2D eigenvalue weighted by Gasteiger charge is 2.22. The van der Waals surface area contributed by atoms with Crippen LogP contribution in [0.1, 0.15) is 37.0 Å². The summed E-state index contributed by atoms with van der Waals surface area (Å²) in [5.74, 6) is 1.25. The molecule has 3 heterocycles. The Kier molecular flexibility index (Phi) is 7.15. The number of nitrogens with zero attached hydrogens (tertiary/aromatic N) is 4. The minimum atomic E-state index is -0.415. The van der Waals surface area contributed by atoms with Crippen molar-refractivity contribution in [3.05, 3.63) is 96.6 Å². The highest BCUT2D eigenvalue weighted by Crippen LogP contribution is 2.28. The number of nitrogens with one attached hydrogen (secondary N) is 3. The topological polar surface area (TPSA) is 123 Å². The molecule has 0 spiro atoms. The molecule has 2 aromatic carbocycles. The van der Waals surface area contributed by atoms with E-state index in [1.165, 1.54) is 13.2 Å². The molecular weight excluding hydrogens is 506 g/mol. The van der Waals surface area contributed by atoms with Crippen LogP contribution in [0.15, 0.2) is 85.2 Å². The standard InChI is InChI=1S/C30H29N7O3/c1-30(2,3)26-18-27(37(36-26)21-9-12-24-19(16-21)6-5-14-32-24)35-29(39)34-20-7-10-22(11-8-20)40-23-13-15-33-25(17-23)28(38)31-4/h5-18H,1-4H3,(H,31,38)(H2,34,35,39). The van der Waals surface area contributed by atoms with Crippen molar-refractivity contribution < 1.29 is 14.3 Å². The molecule has 0 saturated heterocycles. The molecule has 0 aliphatic heterocycles. The molecule has 5 rings (SSSR count). The summed E-state index contributed by atoms with van der Waals surface area (Å²) in [6.45, 7) is 6.22. The van der Waals surface area contributed by atoms with Crippen molar-refractivity contribution in [1.29, 1.82) is 0 Å². The van der Waals surface area contributed by atoms with Crippen LogP contribution < -0.4 is 20.7 Å². The third kappa shape index (κ3) is 5.91. The molecule has 0 radical (unpaired) electrons. The first-order valence-electron chi connectivity index (χ1n) is 12.7. The van der Waals surface area contributed by atoms with Crippen molar-refractivity contribution in [1.82, 2.24) is 25.1 Å². The fraction of sp³-hybridized carbons (Fsp3) is 0.167. The molecule has 10 nitrogen and oxygen atoms in total. The van der Waals surface area contributed by atoms with Gasteiger partial charge < -0.3 is 15.4 Å². The lowest BCUT2D eigenvalue weighted by Gasteiger charge is -2.14. The third-order valence-electron chi connectivity index (χ3n) is 6.09. The number of benzene rings is 2. The summed E-state index contributed by atoms with van der Waals surface area (Å²) in [7, 11) is 1.54. The van der Waals surface area contributed by atoms with Gasteiger partial charge in [0.15, 0.2) is 0 Å². The Morgan fingerprint density at radius 3 is 2.40 bits per heavy atom. The quantitative estimate of drug-likeness (QED) is 0.248. The van der Waals surface area contributed by atoms with Crippen LogP contribution in [0.25, 0.3) is 16.6 Å². The number of amides is 3. The highest BCUT2D eigenvalue weighted by molar-refractivity contribution is 5.99. The fourth-order valence-electron chi connectivity index (χ4n) is 3.98. The molecule has 0 fully saturated rings. The number of carbonyl (C=O) groups is 2. The van der Waals surface area contributed by atoms with Crippen molar-refractivity contribution in [2.75, 3.05) is 17.7 Å². The van der Waals surface area contributed by atoms with E-state index in [0.29, 0.717) is 23.0 Å². The molecule has 10 heteroatoms. The van der Waals surface area contributed by atoms with Gasteiger partial charge in [0.1, 0.15) is 23.0 Å². The van der Waals surface area contributed by atoms with E-state index in [-0.39, 0.29) is 17.0 Å². The number of rotatable bonds is 6. The van der Waals surface area contributed by atoms with E-state index in [1.807, 2.05) is 36.4 Å². The number of fused-ring (bicyclic) bond motifs is 1. The lowest BCUT2D eigenvalue weighted by atomic mass is 9.92. The van der Waals surface area contributed by atoms with E-state index < -0.39 is 6.03 Å². The molecule has 0 bridgehead atoms. The van der Waals surface area contributed by atoms with E-state index in [1.54, 1.807) is 47.3 Å². The van der Waals surface area contributed by atoms with Crippen LogP contribution in [-0.4, -0.2) is 38.7 Å². The second-order valence-corrected chi connectivity index (χ2v) is 10.1. The minimum Gasteiger partial charge on any atom is -0.457 e. The molecule has 5 aromatic rings. The van der Waals surface area contributed by atoms with E-state index >= 15 is 0 Å². The molecule has 40 heavy (non-hydrogen) atoms. The molecule has 202 valence electrons. The van der Waals surface area contributed by atoms with E-state index in [4.69, 9.17) is 9.84 Å². The number of pyridine rings is 2. The van der Waals surface area contributed by atoms with Crippen molar-refractivity contribution in [2.45, 2.75) is 26.2 Å². The smallest absolute Gasteiger partial charge is 0.324 e. The Morgan fingerprint density at radius 1 is 0.850 bits per heavy atom. The number of hydrogen-bond donors (Lipinski definition) is 3. The van der Waals surface area contributed by atoms with Crippen LogP contribution in [0.4, 0.5) is 16.3 Å². The number of aromatic nitrogens is 4. The number of anilines is 2. The van der Waals surface area contributed by atoms with Gasteiger partial charge >= 0.3 is 6.03 Å². The van der Waals surface area contributed by atoms with Crippen LogP contribution in [-0.2, 0) is 5.41 Å². The Labute approximate surface area is 231 Å². The summed E-state index contributed by atoms with van der Waals surface area (Å²) in [5.41, 5.74) is 3.14. The van der Waals surface area contributed by atoms with Crippen molar-refractivity contribution >= 4 is 34.3 Å². The predicted molar refractivity (Wildman–Crippen MR) is 154 cm³/mol. The van der Waals surface area contributed by atoms with Gasteiger partial charge in [-0.1, -0.05) is 26.8 Å². The molecule has 3 amide bonds. The van der Waals surface area contributed by atoms with Gasteiger partial charge in [-0.15, -0.1) is 0 Å². The molecule has 0 atom stereocenters. The summed E-state index contributed by atoms with van der Waals surface area (Å²) in [4.78, 5) is 33.2. The summed E-state index contributed by atoms with van der Waals surface area (Å²) in [6.07, 6.45) is 3.26. The Bertz CT molecular complexity index is 1690. The lowest BCUT2D eigenvalue weighted by Crippen LogP contribution is -2.21. The van der Waals surface area contributed by atoms with Gasteiger partial charge in [-0.3, -0.25) is 20.1 Å². The van der Waals surface area contributed by atoms with Gasteiger partial charge in [0.05, 0.1) is 16.9 Å². The van der Waals surface area contributed by atoms with Crippen LogP contribution in [0.3, 0.4) is 0 Å². The highest BCUT2D eigenvalue weighted by atomic mass is 16.5. The monoisotopic (exact) mass is 535 g/mol. The number of carbonyl (C=O) groups excluding carboxylic acids is 2. The molecule has 0 saturated carbocycles. The maximum atomic E-state index is 13.0. The number of ether oxygens (including phenoxy) is 1. The summed E-state index contributed by atoms with van der Waals surface area (Å²) in [6, 6.07) is 21.3. The zero-order valence-corrected chi connectivity index (χ0v) is 22.6. The largest absolute Gasteiger partial charge is 0.457 e.